The zero-order valence-corrected chi connectivity index (χ0v) is 11.6. The van der Waals surface area contributed by atoms with E-state index in [-0.39, 0.29) is 12.1 Å². The van der Waals surface area contributed by atoms with E-state index in [4.69, 9.17) is 0 Å². The standard InChI is InChI=1S/C14H17F3N2O2/c1-19(9-13(21)5-6-18-8-13)12(20)10-3-2-4-11(7-10)14(15,16)17/h2-4,7,18,21H,5-6,8-9H2,1H3. The summed E-state index contributed by atoms with van der Waals surface area (Å²) in [6.07, 6.45) is -3.98. The Morgan fingerprint density at radius 1 is 1.48 bits per heavy atom. The van der Waals surface area contributed by atoms with Gasteiger partial charge in [-0.1, -0.05) is 6.07 Å². The highest BCUT2D eigenvalue weighted by Gasteiger charge is 2.34. The van der Waals surface area contributed by atoms with Crippen molar-refractivity contribution in [2.24, 2.45) is 0 Å². The Morgan fingerprint density at radius 2 is 2.19 bits per heavy atom. The Labute approximate surface area is 120 Å². The van der Waals surface area contributed by atoms with Crippen LogP contribution in [0.25, 0.3) is 0 Å². The monoisotopic (exact) mass is 302 g/mol. The summed E-state index contributed by atoms with van der Waals surface area (Å²) in [7, 11) is 1.47. The topological polar surface area (TPSA) is 52.6 Å². The lowest BCUT2D eigenvalue weighted by Crippen LogP contribution is -2.45. The molecular formula is C14H17F3N2O2. The van der Waals surface area contributed by atoms with Gasteiger partial charge in [-0.2, -0.15) is 13.2 Å². The van der Waals surface area contributed by atoms with E-state index in [1.165, 1.54) is 24.1 Å². The number of alkyl halides is 3. The highest BCUT2D eigenvalue weighted by Crippen LogP contribution is 2.29. The molecule has 0 saturated carbocycles. The van der Waals surface area contributed by atoms with Crippen LogP contribution in [0, 0.1) is 0 Å². The summed E-state index contributed by atoms with van der Waals surface area (Å²) < 4.78 is 37.9. The lowest BCUT2D eigenvalue weighted by molar-refractivity contribution is -0.137. The Hall–Kier alpha value is -1.60. The molecule has 1 heterocycles. The number of rotatable bonds is 3. The number of carbonyl (C=O) groups excluding carboxylic acids is 1. The minimum Gasteiger partial charge on any atom is -0.387 e. The quantitative estimate of drug-likeness (QED) is 0.890. The molecule has 21 heavy (non-hydrogen) atoms. The third-order valence-electron chi connectivity index (χ3n) is 3.54. The van der Waals surface area contributed by atoms with E-state index in [1.807, 2.05) is 0 Å². The van der Waals surface area contributed by atoms with Crippen molar-refractivity contribution >= 4 is 5.91 Å². The van der Waals surface area contributed by atoms with Crippen molar-refractivity contribution < 1.29 is 23.1 Å². The van der Waals surface area contributed by atoms with Gasteiger partial charge in [0.2, 0.25) is 0 Å². The van der Waals surface area contributed by atoms with E-state index in [1.54, 1.807) is 0 Å². The number of nitrogens with zero attached hydrogens (tertiary/aromatic N) is 1. The number of hydrogen-bond acceptors (Lipinski definition) is 3. The smallest absolute Gasteiger partial charge is 0.387 e. The second-order valence-electron chi connectivity index (χ2n) is 5.39. The number of halogens is 3. The van der Waals surface area contributed by atoms with Crippen LogP contribution in [0.3, 0.4) is 0 Å². The summed E-state index contributed by atoms with van der Waals surface area (Å²) in [6, 6.07) is 4.29. The molecule has 1 aliphatic rings. The van der Waals surface area contributed by atoms with E-state index in [0.29, 0.717) is 19.5 Å². The third-order valence-corrected chi connectivity index (χ3v) is 3.54. The highest BCUT2D eigenvalue weighted by molar-refractivity contribution is 5.94. The molecule has 2 rings (SSSR count). The van der Waals surface area contributed by atoms with Crippen molar-refractivity contribution in [2.75, 3.05) is 26.7 Å². The van der Waals surface area contributed by atoms with Gasteiger partial charge in [-0.15, -0.1) is 0 Å². The van der Waals surface area contributed by atoms with E-state index in [9.17, 15) is 23.1 Å². The van der Waals surface area contributed by atoms with Crippen LogP contribution in [-0.4, -0.2) is 48.2 Å². The van der Waals surface area contributed by atoms with Gasteiger partial charge in [0.05, 0.1) is 17.7 Å². The lowest BCUT2D eigenvalue weighted by atomic mass is 10.0. The predicted octanol–water partition coefficient (Wildman–Crippen LogP) is 1.50. The molecule has 0 bridgehead atoms. The van der Waals surface area contributed by atoms with Crippen molar-refractivity contribution in [3.63, 3.8) is 0 Å². The number of likely N-dealkylation sites (N-methyl/N-ethyl adjacent to an activating group) is 1. The maximum atomic E-state index is 12.6. The summed E-state index contributed by atoms with van der Waals surface area (Å²) in [4.78, 5) is 13.4. The van der Waals surface area contributed by atoms with Gasteiger partial charge < -0.3 is 15.3 Å². The first-order valence-corrected chi connectivity index (χ1v) is 6.57. The molecule has 2 N–H and O–H groups in total. The normalized spacial score (nSPS) is 22.3. The molecule has 7 heteroatoms. The van der Waals surface area contributed by atoms with Crippen molar-refractivity contribution in [2.45, 2.75) is 18.2 Å². The van der Waals surface area contributed by atoms with E-state index < -0.39 is 23.2 Å². The minimum atomic E-state index is -4.48. The molecule has 0 aromatic heterocycles. The largest absolute Gasteiger partial charge is 0.416 e. The molecule has 1 saturated heterocycles. The van der Waals surface area contributed by atoms with E-state index in [0.717, 1.165) is 12.1 Å². The molecule has 4 nitrogen and oxygen atoms in total. The van der Waals surface area contributed by atoms with Gasteiger partial charge in [0.25, 0.3) is 5.91 Å². The Kier molecular flexibility index (Phi) is 4.25. The van der Waals surface area contributed by atoms with Crippen LogP contribution in [-0.2, 0) is 6.18 Å². The lowest BCUT2D eigenvalue weighted by Gasteiger charge is -2.28. The number of benzene rings is 1. The Balaban J connectivity index is 2.12. The van der Waals surface area contributed by atoms with Crippen molar-refractivity contribution in [3.8, 4) is 0 Å². The van der Waals surface area contributed by atoms with Crippen molar-refractivity contribution in [1.29, 1.82) is 0 Å². The number of hydrogen-bond donors (Lipinski definition) is 2. The Morgan fingerprint density at radius 3 is 2.76 bits per heavy atom. The molecule has 1 aliphatic heterocycles. The number of β-amino-alcohol motifs (C(OH)–C–C–N with tert-alkyl or cyclic N) is 1. The molecule has 0 radical (unpaired) electrons. The minimum absolute atomic E-state index is 0.0399. The van der Waals surface area contributed by atoms with Crippen LogP contribution in [0.2, 0.25) is 0 Å². The molecule has 1 amide bonds. The molecule has 1 unspecified atom stereocenters. The van der Waals surface area contributed by atoms with Crippen molar-refractivity contribution in [1.82, 2.24) is 10.2 Å². The molecular weight excluding hydrogens is 285 g/mol. The number of nitrogens with one attached hydrogen (secondary N) is 1. The number of carbonyl (C=O) groups is 1. The van der Waals surface area contributed by atoms with Crippen molar-refractivity contribution in [3.05, 3.63) is 35.4 Å². The van der Waals surface area contributed by atoms with Gasteiger partial charge in [0, 0.05) is 19.2 Å². The van der Waals surface area contributed by atoms with Gasteiger partial charge in [-0.05, 0) is 31.2 Å². The molecule has 0 spiro atoms. The maximum Gasteiger partial charge on any atom is 0.416 e. The van der Waals surface area contributed by atoms with Gasteiger partial charge in [-0.25, -0.2) is 0 Å². The first-order chi connectivity index (χ1) is 9.71. The molecule has 116 valence electrons. The maximum absolute atomic E-state index is 12.6. The summed E-state index contributed by atoms with van der Waals surface area (Å²) in [6.45, 7) is 1.10. The zero-order chi connectivity index (χ0) is 15.7. The van der Waals surface area contributed by atoms with Gasteiger partial charge in [0.15, 0.2) is 0 Å². The van der Waals surface area contributed by atoms with Crippen LogP contribution in [0.4, 0.5) is 13.2 Å². The second-order valence-corrected chi connectivity index (χ2v) is 5.39. The fourth-order valence-electron chi connectivity index (χ4n) is 2.43. The number of aliphatic hydroxyl groups is 1. The summed E-state index contributed by atoms with van der Waals surface area (Å²) >= 11 is 0. The molecule has 1 aromatic rings. The molecule has 1 aromatic carbocycles. The van der Waals surface area contributed by atoms with E-state index in [2.05, 4.69) is 5.32 Å². The first-order valence-electron chi connectivity index (χ1n) is 6.57. The average Bonchev–Trinajstić information content (AvgIpc) is 2.83. The van der Waals surface area contributed by atoms with Gasteiger partial charge in [0.1, 0.15) is 0 Å². The highest BCUT2D eigenvalue weighted by atomic mass is 19.4. The first kappa shape index (κ1) is 15.8. The summed E-state index contributed by atoms with van der Waals surface area (Å²) in [5.74, 6) is -0.540. The predicted molar refractivity (Wildman–Crippen MR) is 70.8 cm³/mol. The van der Waals surface area contributed by atoms with Crippen LogP contribution in [0.1, 0.15) is 22.3 Å². The van der Waals surface area contributed by atoms with E-state index >= 15 is 0 Å². The van der Waals surface area contributed by atoms with Crippen LogP contribution < -0.4 is 5.32 Å². The third kappa shape index (κ3) is 3.74. The fraction of sp³-hybridized carbons (Fsp3) is 0.500. The molecule has 1 atom stereocenters. The zero-order valence-electron chi connectivity index (χ0n) is 11.6. The second kappa shape index (κ2) is 5.65. The van der Waals surface area contributed by atoms with Gasteiger partial charge in [-0.3, -0.25) is 4.79 Å². The SMILES string of the molecule is CN(CC1(O)CCNC1)C(=O)c1cccc(C(F)(F)F)c1. The number of amides is 1. The summed E-state index contributed by atoms with van der Waals surface area (Å²) in [5.41, 5.74) is -1.92. The molecule has 1 fully saturated rings. The van der Waals surface area contributed by atoms with Crippen LogP contribution >= 0.6 is 0 Å². The average molecular weight is 302 g/mol. The molecule has 0 aliphatic carbocycles. The fourth-order valence-corrected chi connectivity index (χ4v) is 2.43. The van der Waals surface area contributed by atoms with Crippen LogP contribution in [0.15, 0.2) is 24.3 Å². The van der Waals surface area contributed by atoms with Gasteiger partial charge >= 0.3 is 6.18 Å². The van der Waals surface area contributed by atoms with Crippen LogP contribution in [0.5, 0.6) is 0 Å². The summed E-state index contributed by atoms with van der Waals surface area (Å²) in [5, 5.41) is 13.2. The Bertz CT molecular complexity index is 525.